The van der Waals surface area contributed by atoms with Gasteiger partial charge in [-0.3, -0.25) is 4.98 Å². The number of aryl methyl sites for hydroxylation is 1. The van der Waals surface area contributed by atoms with Gasteiger partial charge in [0.2, 0.25) is 10.0 Å². The molecule has 0 spiro atoms. The number of alkyl halides is 1. The maximum absolute atomic E-state index is 12.4. The average molecular weight is 418 g/mol. The summed E-state index contributed by atoms with van der Waals surface area (Å²) in [5.41, 5.74) is 1.72. The molecule has 2 aromatic rings. The summed E-state index contributed by atoms with van der Waals surface area (Å²) in [4.78, 5) is 4.59. The highest BCUT2D eigenvalue weighted by atomic mass is 127. The Kier molecular flexibility index (Phi) is 5.95. The first kappa shape index (κ1) is 16.6. The number of nitrogens with one attached hydrogen (secondary N) is 1. The van der Waals surface area contributed by atoms with Crippen molar-refractivity contribution < 1.29 is 8.42 Å². The van der Waals surface area contributed by atoms with Crippen LogP contribution in [0.5, 0.6) is 0 Å². The van der Waals surface area contributed by atoms with Crippen molar-refractivity contribution in [3.63, 3.8) is 0 Å². The second-order valence-corrected chi connectivity index (χ2v) is 7.74. The summed E-state index contributed by atoms with van der Waals surface area (Å²) >= 11 is 2.33. The molecule has 1 aromatic heterocycles. The SMILES string of the molecule is Cc1ccc(S(=O)(=O)NCCCCCI)c2cccnc12. The topological polar surface area (TPSA) is 59.1 Å². The van der Waals surface area contributed by atoms with Crippen molar-refractivity contribution in [1.82, 2.24) is 9.71 Å². The molecular formula is C15H19IN2O2S. The first-order chi connectivity index (χ1) is 10.1. The van der Waals surface area contributed by atoms with E-state index in [1.54, 1.807) is 30.5 Å². The van der Waals surface area contributed by atoms with Gasteiger partial charge in [0.05, 0.1) is 10.4 Å². The minimum Gasteiger partial charge on any atom is -0.256 e. The van der Waals surface area contributed by atoms with Crippen molar-refractivity contribution in [2.75, 3.05) is 11.0 Å². The highest BCUT2D eigenvalue weighted by molar-refractivity contribution is 14.1. The standard InChI is InChI=1S/C15H19IN2O2S/c1-12-7-8-14(13-6-5-10-17-15(12)13)21(19,20)18-11-4-2-3-9-16/h5-8,10,18H,2-4,9,11H2,1H3. The summed E-state index contributed by atoms with van der Waals surface area (Å²) in [6.45, 7) is 2.41. The fourth-order valence-electron chi connectivity index (χ4n) is 2.20. The number of unbranched alkanes of at least 4 members (excludes halogenated alkanes) is 2. The van der Waals surface area contributed by atoms with E-state index in [4.69, 9.17) is 0 Å². The van der Waals surface area contributed by atoms with Crippen LogP contribution in [0.3, 0.4) is 0 Å². The number of sulfonamides is 1. The molecule has 0 aliphatic heterocycles. The van der Waals surface area contributed by atoms with E-state index in [-0.39, 0.29) is 0 Å². The second kappa shape index (κ2) is 7.51. The van der Waals surface area contributed by atoms with Crippen LogP contribution in [0.1, 0.15) is 24.8 Å². The van der Waals surface area contributed by atoms with E-state index in [9.17, 15) is 8.42 Å². The van der Waals surface area contributed by atoms with E-state index in [0.29, 0.717) is 16.8 Å². The molecule has 0 atom stereocenters. The maximum Gasteiger partial charge on any atom is 0.241 e. The van der Waals surface area contributed by atoms with Crippen LogP contribution in [0.4, 0.5) is 0 Å². The molecule has 0 saturated heterocycles. The lowest BCUT2D eigenvalue weighted by molar-refractivity contribution is 0.577. The molecule has 114 valence electrons. The summed E-state index contributed by atoms with van der Waals surface area (Å²) in [7, 11) is -3.48. The monoisotopic (exact) mass is 418 g/mol. The van der Waals surface area contributed by atoms with Gasteiger partial charge in [0.15, 0.2) is 0 Å². The molecule has 0 radical (unpaired) electrons. The van der Waals surface area contributed by atoms with Gasteiger partial charge in [0, 0.05) is 18.1 Å². The van der Waals surface area contributed by atoms with Crippen molar-refractivity contribution in [1.29, 1.82) is 0 Å². The number of hydrogen-bond acceptors (Lipinski definition) is 3. The molecule has 1 aromatic carbocycles. The molecule has 0 saturated carbocycles. The summed E-state index contributed by atoms with van der Waals surface area (Å²) in [6, 6.07) is 7.04. The molecule has 0 unspecified atom stereocenters. The van der Waals surface area contributed by atoms with E-state index in [1.807, 2.05) is 6.92 Å². The lowest BCUT2D eigenvalue weighted by atomic mass is 10.1. The van der Waals surface area contributed by atoms with E-state index in [2.05, 4.69) is 32.3 Å². The van der Waals surface area contributed by atoms with E-state index >= 15 is 0 Å². The highest BCUT2D eigenvalue weighted by Crippen LogP contribution is 2.23. The Balaban J connectivity index is 2.23. The van der Waals surface area contributed by atoms with Gasteiger partial charge >= 0.3 is 0 Å². The third-order valence-corrected chi connectivity index (χ3v) is 5.61. The van der Waals surface area contributed by atoms with Gasteiger partial charge in [-0.1, -0.05) is 35.1 Å². The van der Waals surface area contributed by atoms with Gasteiger partial charge in [0.1, 0.15) is 0 Å². The molecule has 6 heteroatoms. The van der Waals surface area contributed by atoms with E-state index in [1.165, 1.54) is 0 Å². The van der Waals surface area contributed by atoms with Gasteiger partial charge in [-0.25, -0.2) is 13.1 Å². The Morgan fingerprint density at radius 3 is 2.76 bits per heavy atom. The predicted molar refractivity (Wildman–Crippen MR) is 94.4 cm³/mol. The number of pyridine rings is 1. The number of nitrogens with zero attached hydrogens (tertiary/aromatic N) is 1. The molecule has 1 heterocycles. The molecular weight excluding hydrogens is 399 g/mol. The Morgan fingerprint density at radius 2 is 2.00 bits per heavy atom. The zero-order valence-corrected chi connectivity index (χ0v) is 14.9. The normalized spacial score (nSPS) is 11.9. The summed E-state index contributed by atoms with van der Waals surface area (Å²) in [6.07, 6.45) is 4.72. The third-order valence-electron chi connectivity index (χ3n) is 3.32. The zero-order valence-electron chi connectivity index (χ0n) is 12.0. The van der Waals surface area contributed by atoms with Crippen LogP contribution in [0.15, 0.2) is 35.4 Å². The average Bonchev–Trinajstić information content (AvgIpc) is 2.47. The summed E-state index contributed by atoms with van der Waals surface area (Å²) < 4.78 is 28.7. The lowest BCUT2D eigenvalue weighted by Gasteiger charge is -2.10. The van der Waals surface area contributed by atoms with Gasteiger partial charge in [0.25, 0.3) is 0 Å². The molecule has 2 rings (SSSR count). The van der Waals surface area contributed by atoms with E-state index in [0.717, 1.165) is 34.8 Å². The highest BCUT2D eigenvalue weighted by Gasteiger charge is 2.17. The number of fused-ring (bicyclic) bond motifs is 1. The van der Waals surface area contributed by atoms with Crippen LogP contribution in [0.2, 0.25) is 0 Å². The molecule has 0 fully saturated rings. The number of rotatable bonds is 7. The largest absolute Gasteiger partial charge is 0.256 e. The van der Waals surface area contributed by atoms with Gasteiger partial charge < -0.3 is 0 Å². The third kappa shape index (κ3) is 4.14. The molecule has 21 heavy (non-hydrogen) atoms. The van der Waals surface area contributed by atoms with Crippen LogP contribution in [-0.4, -0.2) is 24.4 Å². The molecule has 0 aliphatic rings. The smallest absolute Gasteiger partial charge is 0.241 e. The Morgan fingerprint density at radius 1 is 1.19 bits per heavy atom. The fraction of sp³-hybridized carbons (Fsp3) is 0.400. The first-order valence-electron chi connectivity index (χ1n) is 6.96. The number of hydrogen-bond donors (Lipinski definition) is 1. The van der Waals surface area contributed by atoms with Crippen molar-refractivity contribution >= 4 is 43.5 Å². The molecule has 0 amide bonds. The van der Waals surface area contributed by atoms with Crippen molar-refractivity contribution in [2.24, 2.45) is 0 Å². The Bertz CT molecular complexity index is 717. The number of halogens is 1. The van der Waals surface area contributed by atoms with Crippen molar-refractivity contribution in [3.05, 3.63) is 36.0 Å². The molecule has 1 N–H and O–H groups in total. The van der Waals surface area contributed by atoms with Gasteiger partial charge in [-0.2, -0.15) is 0 Å². The van der Waals surface area contributed by atoms with E-state index < -0.39 is 10.0 Å². The minimum absolute atomic E-state index is 0.310. The van der Waals surface area contributed by atoms with Crippen molar-refractivity contribution in [2.45, 2.75) is 31.1 Å². The van der Waals surface area contributed by atoms with Gasteiger partial charge in [-0.05, 0) is 48.0 Å². The number of aromatic nitrogens is 1. The van der Waals surface area contributed by atoms with Crippen molar-refractivity contribution in [3.8, 4) is 0 Å². The van der Waals surface area contributed by atoms with Crippen LogP contribution >= 0.6 is 22.6 Å². The Hall–Kier alpha value is -0.730. The fourth-order valence-corrected chi connectivity index (χ4v) is 4.01. The molecule has 0 aliphatic carbocycles. The van der Waals surface area contributed by atoms with Crippen LogP contribution < -0.4 is 4.72 Å². The predicted octanol–water partition coefficient (Wildman–Crippen LogP) is 3.43. The first-order valence-corrected chi connectivity index (χ1v) is 9.97. The molecule has 0 bridgehead atoms. The maximum atomic E-state index is 12.4. The zero-order chi connectivity index (χ0) is 15.3. The summed E-state index contributed by atoms with van der Waals surface area (Å²) in [5.74, 6) is 0. The Labute approximate surface area is 139 Å². The molecule has 4 nitrogen and oxygen atoms in total. The second-order valence-electron chi connectivity index (χ2n) is 4.93. The lowest BCUT2D eigenvalue weighted by Crippen LogP contribution is -2.25. The quantitative estimate of drug-likeness (QED) is 0.426. The minimum atomic E-state index is -3.48. The van der Waals surface area contributed by atoms with Crippen LogP contribution in [0, 0.1) is 6.92 Å². The van der Waals surface area contributed by atoms with Crippen LogP contribution in [-0.2, 0) is 10.0 Å². The van der Waals surface area contributed by atoms with Gasteiger partial charge in [-0.15, -0.1) is 0 Å². The summed E-state index contributed by atoms with van der Waals surface area (Å²) in [5, 5.41) is 0.678. The van der Waals surface area contributed by atoms with Crippen LogP contribution in [0.25, 0.3) is 10.9 Å². The number of benzene rings is 1.